The number of rotatable bonds is 5. The summed E-state index contributed by atoms with van der Waals surface area (Å²) in [6, 6.07) is 7.87. The second kappa shape index (κ2) is 6.43. The molecule has 0 heterocycles. The van der Waals surface area contributed by atoms with Crippen molar-refractivity contribution in [1.82, 2.24) is 0 Å². The highest BCUT2D eigenvalue weighted by molar-refractivity contribution is 5.69. The molecule has 100 valence electrons. The number of aryl methyl sites for hydroxylation is 1. The Labute approximate surface area is 109 Å². The Kier molecular flexibility index (Phi) is 5.20. The molecule has 0 aromatic heterocycles. The fraction of sp³-hybridized carbons (Fsp3) is 0.533. The van der Waals surface area contributed by atoms with Gasteiger partial charge in [0.1, 0.15) is 11.4 Å². The van der Waals surface area contributed by atoms with Gasteiger partial charge in [-0.15, -0.1) is 0 Å². The molecule has 0 aliphatic carbocycles. The maximum absolute atomic E-state index is 11.4. The van der Waals surface area contributed by atoms with Crippen LogP contribution in [0.5, 0.6) is 5.75 Å². The average Bonchev–Trinajstić information content (AvgIpc) is 2.24. The molecule has 0 amide bonds. The Morgan fingerprint density at radius 2 is 1.78 bits per heavy atom. The summed E-state index contributed by atoms with van der Waals surface area (Å²) in [4.78, 5) is 11.4. The van der Waals surface area contributed by atoms with E-state index in [1.807, 2.05) is 52.0 Å². The van der Waals surface area contributed by atoms with Crippen molar-refractivity contribution >= 4 is 5.97 Å². The molecule has 0 spiro atoms. The van der Waals surface area contributed by atoms with Crippen LogP contribution in [0.2, 0.25) is 0 Å². The fourth-order valence-corrected chi connectivity index (χ4v) is 1.43. The van der Waals surface area contributed by atoms with Crippen LogP contribution in [0.3, 0.4) is 0 Å². The van der Waals surface area contributed by atoms with Gasteiger partial charge in [0.05, 0.1) is 6.61 Å². The molecule has 0 bridgehead atoms. The van der Waals surface area contributed by atoms with Crippen molar-refractivity contribution in [3.63, 3.8) is 0 Å². The molecule has 3 nitrogen and oxygen atoms in total. The zero-order valence-corrected chi connectivity index (χ0v) is 11.7. The van der Waals surface area contributed by atoms with Gasteiger partial charge in [0.2, 0.25) is 0 Å². The van der Waals surface area contributed by atoms with E-state index in [2.05, 4.69) is 0 Å². The largest absolute Gasteiger partial charge is 0.494 e. The van der Waals surface area contributed by atoms with E-state index >= 15 is 0 Å². The highest BCUT2D eigenvalue weighted by Gasteiger charge is 2.15. The van der Waals surface area contributed by atoms with Crippen LogP contribution in [0, 0.1) is 6.92 Å². The Bertz CT molecular complexity index is 374. The summed E-state index contributed by atoms with van der Waals surface area (Å²) in [5.41, 5.74) is 0.797. The van der Waals surface area contributed by atoms with Crippen LogP contribution < -0.4 is 4.74 Å². The van der Waals surface area contributed by atoms with E-state index < -0.39 is 5.60 Å². The van der Waals surface area contributed by atoms with Crippen molar-refractivity contribution in [1.29, 1.82) is 0 Å². The lowest BCUT2D eigenvalue weighted by atomic mass is 10.2. The molecule has 0 fully saturated rings. The molecule has 18 heavy (non-hydrogen) atoms. The van der Waals surface area contributed by atoms with Crippen molar-refractivity contribution in [3.05, 3.63) is 29.8 Å². The second-order valence-electron chi connectivity index (χ2n) is 5.35. The summed E-state index contributed by atoms with van der Waals surface area (Å²) < 4.78 is 10.7. The van der Waals surface area contributed by atoms with Crippen LogP contribution in [0.25, 0.3) is 0 Å². The molecule has 0 unspecified atom stereocenters. The van der Waals surface area contributed by atoms with Gasteiger partial charge in [-0.2, -0.15) is 0 Å². The molecule has 0 atom stereocenters. The van der Waals surface area contributed by atoms with Gasteiger partial charge in [-0.1, -0.05) is 17.7 Å². The van der Waals surface area contributed by atoms with Crippen LogP contribution in [-0.2, 0) is 9.53 Å². The molecular formula is C15H22O3. The van der Waals surface area contributed by atoms with Crippen LogP contribution in [0.1, 0.15) is 39.2 Å². The minimum atomic E-state index is -0.408. The molecular weight excluding hydrogens is 228 g/mol. The lowest BCUT2D eigenvalue weighted by molar-refractivity contribution is -0.155. The fourth-order valence-electron chi connectivity index (χ4n) is 1.43. The first kappa shape index (κ1) is 14.6. The number of benzene rings is 1. The zero-order chi connectivity index (χ0) is 13.6. The molecule has 1 aromatic rings. The molecule has 0 radical (unpaired) electrons. The minimum Gasteiger partial charge on any atom is -0.494 e. The summed E-state index contributed by atoms with van der Waals surface area (Å²) in [5.74, 6) is 0.666. The molecule has 1 aromatic carbocycles. The van der Waals surface area contributed by atoms with Gasteiger partial charge < -0.3 is 9.47 Å². The van der Waals surface area contributed by atoms with E-state index in [-0.39, 0.29) is 5.97 Å². The zero-order valence-electron chi connectivity index (χ0n) is 11.7. The van der Waals surface area contributed by atoms with Crippen molar-refractivity contribution in [3.8, 4) is 5.75 Å². The van der Waals surface area contributed by atoms with E-state index in [9.17, 15) is 4.79 Å². The lowest BCUT2D eigenvalue weighted by Crippen LogP contribution is -2.23. The Balaban J connectivity index is 2.19. The molecule has 3 heteroatoms. The van der Waals surface area contributed by atoms with Gasteiger partial charge in [-0.3, -0.25) is 4.79 Å². The molecule has 0 saturated carbocycles. The number of carbonyl (C=O) groups is 1. The van der Waals surface area contributed by atoms with Crippen LogP contribution >= 0.6 is 0 Å². The van der Waals surface area contributed by atoms with Gasteiger partial charge in [-0.05, 0) is 46.2 Å². The summed E-state index contributed by atoms with van der Waals surface area (Å²) in [6.45, 7) is 8.17. The molecule has 1 rings (SSSR count). The van der Waals surface area contributed by atoms with Crippen LogP contribution in [0.4, 0.5) is 0 Å². The Hall–Kier alpha value is -1.51. The van der Waals surface area contributed by atoms with Crippen molar-refractivity contribution in [2.45, 2.75) is 46.1 Å². The number of hydrogen-bond donors (Lipinski definition) is 0. The number of esters is 1. The van der Waals surface area contributed by atoms with Crippen molar-refractivity contribution < 1.29 is 14.3 Å². The smallest absolute Gasteiger partial charge is 0.306 e. The minimum absolute atomic E-state index is 0.171. The first-order valence-corrected chi connectivity index (χ1v) is 6.28. The normalized spacial score (nSPS) is 11.1. The second-order valence-corrected chi connectivity index (χ2v) is 5.35. The van der Waals surface area contributed by atoms with E-state index in [4.69, 9.17) is 9.47 Å². The van der Waals surface area contributed by atoms with E-state index in [1.54, 1.807) is 0 Å². The van der Waals surface area contributed by atoms with E-state index in [0.717, 1.165) is 5.75 Å². The van der Waals surface area contributed by atoms with E-state index in [1.165, 1.54) is 5.56 Å². The highest BCUT2D eigenvalue weighted by Crippen LogP contribution is 2.13. The summed E-state index contributed by atoms with van der Waals surface area (Å²) in [5, 5.41) is 0. The predicted molar refractivity (Wildman–Crippen MR) is 71.8 cm³/mol. The van der Waals surface area contributed by atoms with Gasteiger partial charge in [-0.25, -0.2) is 0 Å². The Morgan fingerprint density at radius 3 is 2.33 bits per heavy atom. The quantitative estimate of drug-likeness (QED) is 0.592. The molecule has 0 saturated heterocycles. The number of carbonyl (C=O) groups excluding carboxylic acids is 1. The highest BCUT2D eigenvalue weighted by atomic mass is 16.6. The van der Waals surface area contributed by atoms with Gasteiger partial charge in [0.15, 0.2) is 0 Å². The third kappa shape index (κ3) is 6.28. The Morgan fingerprint density at radius 1 is 1.17 bits per heavy atom. The van der Waals surface area contributed by atoms with Gasteiger partial charge in [0, 0.05) is 6.42 Å². The monoisotopic (exact) mass is 250 g/mol. The molecule has 0 N–H and O–H groups in total. The van der Waals surface area contributed by atoms with Gasteiger partial charge >= 0.3 is 5.97 Å². The topological polar surface area (TPSA) is 35.5 Å². The molecule has 0 aliphatic heterocycles. The van der Waals surface area contributed by atoms with E-state index in [0.29, 0.717) is 19.4 Å². The summed E-state index contributed by atoms with van der Waals surface area (Å²) >= 11 is 0. The SMILES string of the molecule is Cc1ccc(OCCCC(=O)OC(C)(C)C)cc1. The molecule has 0 aliphatic rings. The summed E-state index contributed by atoms with van der Waals surface area (Å²) in [6.07, 6.45) is 1.06. The maximum atomic E-state index is 11.4. The van der Waals surface area contributed by atoms with Gasteiger partial charge in [0.25, 0.3) is 0 Å². The summed E-state index contributed by atoms with van der Waals surface area (Å²) in [7, 11) is 0. The number of hydrogen-bond acceptors (Lipinski definition) is 3. The van der Waals surface area contributed by atoms with Crippen molar-refractivity contribution in [2.24, 2.45) is 0 Å². The van der Waals surface area contributed by atoms with Crippen LogP contribution in [0.15, 0.2) is 24.3 Å². The first-order valence-electron chi connectivity index (χ1n) is 6.28. The predicted octanol–water partition coefficient (Wildman–Crippen LogP) is 3.50. The van der Waals surface area contributed by atoms with Crippen LogP contribution in [-0.4, -0.2) is 18.2 Å². The third-order valence-corrected chi connectivity index (χ3v) is 2.23. The standard InChI is InChI=1S/C15H22O3/c1-12-7-9-13(10-8-12)17-11-5-6-14(16)18-15(2,3)4/h7-10H,5-6,11H2,1-4H3. The first-order chi connectivity index (χ1) is 8.37. The third-order valence-electron chi connectivity index (χ3n) is 2.23. The number of ether oxygens (including phenoxy) is 2. The maximum Gasteiger partial charge on any atom is 0.306 e. The van der Waals surface area contributed by atoms with Crippen molar-refractivity contribution in [2.75, 3.05) is 6.61 Å². The average molecular weight is 250 g/mol. The lowest BCUT2D eigenvalue weighted by Gasteiger charge is -2.19.